The van der Waals surface area contributed by atoms with Crippen LogP contribution in [0.3, 0.4) is 0 Å². The Balaban J connectivity index is 1.76. The first-order chi connectivity index (χ1) is 32.1. The molecule has 2 rings (SSSR count). The standard InChI is InChI=1S/C52H96O14/c1-3-5-7-9-11-13-15-17-19-20-21-23-25-27-29-31-33-35-44(54)64-41(38-61-36-34-32-30-28-26-24-22-18-16-14-12-10-8-6-4-2)39-62-51-50(60)48(58)46(56)43(66-51)40-63-52-49(59)47(57)45(55)42(37-53)65-52/h11,13,17,19,41-43,45-53,55-60H,3-10,12,14-16,18,20-40H2,1-2H3/b13-11-,19-17-. The molecule has 0 aliphatic carbocycles. The van der Waals surface area contributed by atoms with Crippen LogP contribution in [-0.4, -0.2) is 142 Å². The average molecular weight is 945 g/mol. The molecule has 11 atom stereocenters. The number of allylic oxidation sites excluding steroid dienone is 4. The van der Waals surface area contributed by atoms with Gasteiger partial charge in [-0.2, -0.15) is 0 Å². The summed E-state index contributed by atoms with van der Waals surface area (Å²) >= 11 is 0. The van der Waals surface area contributed by atoms with Gasteiger partial charge in [-0.1, -0.05) is 173 Å². The maximum absolute atomic E-state index is 13.0. The maximum Gasteiger partial charge on any atom is 0.306 e. The number of hydrogen-bond acceptors (Lipinski definition) is 14. The summed E-state index contributed by atoms with van der Waals surface area (Å²) in [4.78, 5) is 13.0. The van der Waals surface area contributed by atoms with E-state index in [1.165, 1.54) is 122 Å². The minimum atomic E-state index is -1.70. The third-order valence-corrected chi connectivity index (χ3v) is 12.7. The van der Waals surface area contributed by atoms with Gasteiger partial charge >= 0.3 is 5.97 Å². The number of rotatable bonds is 42. The number of carbonyl (C=O) groups is 1. The van der Waals surface area contributed by atoms with Crippen molar-refractivity contribution in [1.82, 2.24) is 0 Å². The van der Waals surface area contributed by atoms with Gasteiger partial charge in [-0.15, -0.1) is 0 Å². The highest BCUT2D eigenvalue weighted by Crippen LogP contribution is 2.26. The molecule has 0 spiro atoms. The van der Waals surface area contributed by atoms with Crippen LogP contribution in [0.1, 0.15) is 200 Å². The van der Waals surface area contributed by atoms with Crippen LogP contribution in [-0.2, 0) is 33.2 Å². The quantitative estimate of drug-likeness (QED) is 0.0175. The molecule has 388 valence electrons. The van der Waals surface area contributed by atoms with E-state index in [1.807, 2.05) is 0 Å². The minimum Gasteiger partial charge on any atom is -0.457 e. The fourth-order valence-electron chi connectivity index (χ4n) is 8.37. The lowest BCUT2D eigenvalue weighted by molar-refractivity contribution is -0.332. The molecule has 0 amide bonds. The third kappa shape index (κ3) is 27.6. The first-order valence-corrected chi connectivity index (χ1v) is 26.4. The van der Waals surface area contributed by atoms with Gasteiger partial charge < -0.3 is 64.2 Å². The van der Waals surface area contributed by atoms with Gasteiger partial charge in [0.05, 0.1) is 26.4 Å². The van der Waals surface area contributed by atoms with E-state index < -0.39 is 80.7 Å². The van der Waals surface area contributed by atoms with E-state index in [0.717, 1.165) is 51.4 Å². The summed E-state index contributed by atoms with van der Waals surface area (Å²) in [5.41, 5.74) is 0. The monoisotopic (exact) mass is 945 g/mol. The second kappa shape index (κ2) is 40.2. The lowest BCUT2D eigenvalue weighted by Crippen LogP contribution is -2.61. The largest absolute Gasteiger partial charge is 0.457 e. The van der Waals surface area contributed by atoms with Crippen molar-refractivity contribution >= 4 is 5.97 Å². The predicted octanol–water partition coefficient (Wildman–Crippen LogP) is 8.02. The Labute approximate surface area is 398 Å². The van der Waals surface area contributed by atoms with Crippen molar-refractivity contribution in [2.24, 2.45) is 0 Å². The molecule has 0 saturated carbocycles. The van der Waals surface area contributed by atoms with Gasteiger partial charge in [0, 0.05) is 13.0 Å². The summed E-state index contributed by atoms with van der Waals surface area (Å²) in [5.74, 6) is -0.381. The van der Waals surface area contributed by atoms with Gasteiger partial charge in [0.25, 0.3) is 0 Å². The Morgan fingerprint density at radius 3 is 1.48 bits per heavy atom. The van der Waals surface area contributed by atoms with Gasteiger partial charge in [-0.3, -0.25) is 4.79 Å². The number of aliphatic hydroxyl groups excluding tert-OH is 7. The van der Waals surface area contributed by atoms with E-state index in [9.17, 15) is 40.5 Å². The van der Waals surface area contributed by atoms with Crippen LogP contribution < -0.4 is 0 Å². The second-order valence-electron chi connectivity index (χ2n) is 18.7. The number of aliphatic hydroxyl groups is 7. The zero-order valence-electron chi connectivity index (χ0n) is 41.2. The van der Waals surface area contributed by atoms with Crippen molar-refractivity contribution in [1.29, 1.82) is 0 Å². The van der Waals surface area contributed by atoms with Crippen LogP contribution in [0.25, 0.3) is 0 Å². The molecule has 7 N–H and O–H groups in total. The van der Waals surface area contributed by atoms with Gasteiger partial charge in [0.15, 0.2) is 12.6 Å². The topological polar surface area (TPSA) is 214 Å². The summed E-state index contributed by atoms with van der Waals surface area (Å²) in [6, 6.07) is 0. The highest BCUT2D eigenvalue weighted by Gasteiger charge is 2.47. The molecule has 14 heteroatoms. The molecule has 2 heterocycles. The van der Waals surface area contributed by atoms with Gasteiger partial charge in [0.1, 0.15) is 54.9 Å². The zero-order chi connectivity index (χ0) is 48.0. The van der Waals surface area contributed by atoms with E-state index in [4.69, 9.17) is 28.4 Å². The molecule has 0 aromatic heterocycles. The molecule has 0 radical (unpaired) electrons. The molecule has 66 heavy (non-hydrogen) atoms. The number of ether oxygens (including phenoxy) is 6. The molecule has 0 aromatic carbocycles. The number of esters is 1. The second-order valence-corrected chi connectivity index (χ2v) is 18.7. The number of hydrogen-bond donors (Lipinski definition) is 7. The summed E-state index contributed by atoms with van der Waals surface area (Å²) < 4.78 is 34.3. The van der Waals surface area contributed by atoms with Crippen LogP contribution >= 0.6 is 0 Å². The first-order valence-electron chi connectivity index (χ1n) is 26.4. The van der Waals surface area contributed by atoms with Crippen molar-refractivity contribution in [3.63, 3.8) is 0 Å². The predicted molar refractivity (Wildman–Crippen MR) is 257 cm³/mol. The molecule has 2 aliphatic heterocycles. The molecule has 2 saturated heterocycles. The molecular weight excluding hydrogens is 849 g/mol. The zero-order valence-corrected chi connectivity index (χ0v) is 41.2. The van der Waals surface area contributed by atoms with E-state index >= 15 is 0 Å². The van der Waals surface area contributed by atoms with Gasteiger partial charge in [0.2, 0.25) is 0 Å². The Morgan fingerprint density at radius 1 is 0.500 bits per heavy atom. The van der Waals surface area contributed by atoms with Crippen molar-refractivity contribution in [2.75, 3.05) is 33.0 Å². The minimum absolute atomic E-state index is 0.0624. The molecule has 2 fully saturated rings. The van der Waals surface area contributed by atoms with Crippen molar-refractivity contribution in [3.05, 3.63) is 24.3 Å². The van der Waals surface area contributed by atoms with Crippen molar-refractivity contribution < 1.29 is 69.0 Å². The smallest absolute Gasteiger partial charge is 0.306 e. The molecule has 14 nitrogen and oxygen atoms in total. The normalized spacial score (nSPS) is 26.4. The van der Waals surface area contributed by atoms with Crippen LogP contribution in [0.5, 0.6) is 0 Å². The lowest BCUT2D eigenvalue weighted by atomic mass is 9.98. The Bertz CT molecular complexity index is 1190. The van der Waals surface area contributed by atoms with Gasteiger partial charge in [-0.05, 0) is 44.9 Å². The molecular formula is C52H96O14. The van der Waals surface area contributed by atoms with Crippen LogP contribution in [0.2, 0.25) is 0 Å². The van der Waals surface area contributed by atoms with Gasteiger partial charge in [-0.25, -0.2) is 0 Å². The Hall–Kier alpha value is -1.53. The number of carbonyl (C=O) groups excluding carboxylic acids is 1. The first kappa shape index (κ1) is 60.6. The maximum atomic E-state index is 13.0. The highest BCUT2D eigenvalue weighted by atomic mass is 16.7. The SMILES string of the molecule is CCCCC/C=C\C/C=C\CCCCCCCCCC(=O)OC(COCCCCCCCCCCCCCCCCC)COC1OC(COC2OC(CO)C(O)C(O)C2O)C(O)C(O)C1O. The number of unbranched alkanes of at least 4 members (excludes halogenated alkanes) is 24. The van der Waals surface area contributed by atoms with Crippen LogP contribution in [0, 0.1) is 0 Å². The Morgan fingerprint density at radius 2 is 0.939 bits per heavy atom. The van der Waals surface area contributed by atoms with Crippen LogP contribution in [0.15, 0.2) is 24.3 Å². The fourth-order valence-corrected chi connectivity index (χ4v) is 8.37. The molecule has 2 aliphatic rings. The Kier molecular flexibility index (Phi) is 36.9. The summed E-state index contributed by atoms with van der Waals surface area (Å²) in [5, 5.41) is 72.1. The summed E-state index contributed by atoms with van der Waals surface area (Å²) in [6.45, 7) is 3.68. The summed E-state index contributed by atoms with van der Waals surface area (Å²) in [6.07, 6.45) is 26.6. The molecule has 0 bridgehead atoms. The van der Waals surface area contributed by atoms with Crippen LogP contribution in [0.4, 0.5) is 0 Å². The van der Waals surface area contributed by atoms with E-state index in [2.05, 4.69) is 38.2 Å². The highest BCUT2D eigenvalue weighted by molar-refractivity contribution is 5.69. The van der Waals surface area contributed by atoms with E-state index in [-0.39, 0.29) is 25.6 Å². The summed E-state index contributed by atoms with van der Waals surface area (Å²) in [7, 11) is 0. The van der Waals surface area contributed by atoms with E-state index in [1.54, 1.807) is 0 Å². The molecule has 0 aromatic rings. The fraction of sp³-hybridized carbons (Fsp3) is 0.904. The van der Waals surface area contributed by atoms with Crippen molar-refractivity contribution in [2.45, 2.75) is 268 Å². The van der Waals surface area contributed by atoms with Crippen molar-refractivity contribution in [3.8, 4) is 0 Å². The van der Waals surface area contributed by atoms with E-state index in [0.29, 0.717) is 13.0 Å². The molecule has 11 unspecified atom stereocenters. The lowest BCUT2D eigenvalue weighted by Gasteiger charge is -2.42. The average Bonchev–Trinajstić information content (AvgIpc) is 3.31. The third-order valence-electron chi connectivity index (χ3n) is 12.7.